The van der Waals surface area contributed by atoms with E-state index in [2.05, 4.69) is 55.2 Å². The molecule has 4 rings (SSSR count). The molecule has 0 aliphatic rings. The predicted octanol–water partition coefficient (Wildman–Crippen LogP) is 5.54. The van der Waals surface area contributed by atoms with Crippen molar-refractivity contribution >= 4 is 27.8 Å². The van der Waals surface area contributed by atoms with Gasteiger partial charge in [0.15, 0.2) is 0 Å². The molecule has 130 valence electrons. The third-order valence-electron chi connectivity index (χ3n) is 5.25. The third kappa shape index (κ3) is 2.48. The van der Waals surface area contributed by atoms with Crippen molar-refractivity contribution in [3.63, 3.8) is 0 Å². The number of rotatable bonds is 3. The summed E-state index contributed by atoms with van der Waals surface area (Å²) >= 11 is 0. The van der Waals surface area contributed by atoms with E-state index in [0.717, 1.165) is 38.9 Å². The highest BCUT2D eigenvalue weighted by Crippen LogP contribution is 2.40. The van der Waals surface area contributed by atoms with Gasteiger partial charge in [0.25, 0.3) is 0 Å². The van der Waals surface area contributed by atoms with E-state index >= 15 is 0 Å². The normalized spacial score (nSPS) is 11.3. The fourth-order valence-corrected chi connectivity index (χ4v) is 3.99. The average Bonchev–Trinajstić information content (AvgIpc) is 3.00. The highest BCUT2D eigenvalue weighted by Gasteiger charge is 2.20. The zero-order chi connectivity index (χ0) is 18.4. The summed E-state index contributed by atoms with van der Waals surface area (Å²) in [6.07, 6.45) is 0.0151. The Balaban J connectivity index is 2.16. The molecule has 3 nitrogen and oxygen atoms in total. The second kappa shape index (κ2) is 6.03. The Morgan fingerprint density at radius 3 is 2.35 bits per heavy atom. The molecule has 3 heteroatoms. The number of aliphatic carboxylic acids is 1. The topological polar surface area (TPSA) is 53.1 Å². The lowest BCUT2D eigenvalue weighted by molar-refractivity contribution is -0.136. The van der Waals surface area contributed by atoms with Crippen LogP contribution in [0.5, 0.6) is 0 Å². The molecular weight excluding hydrogens is 322 g/mol. The summed E-state index contributed by atoms with van der Waals surface area (Å²) in [6, 6.07) is 16.6. The second-order valence-electron chi connectivity index (χ2n) is 6.96. The van der Waals surface area contributed by atoms with Crippen LogP contribution in [0.2, 0.25) is 0 Å². The molecule has 0 amide bonds. The first kappa shape index (κ1) is 16.4. The number of benzene rings is 3. The Kier molecular flexibility index (Phi) is 3.80. The number of aromatic nitrogens is 1. The summed E-state index contributed by atoms with van der Waals surface area (Å²) in [5, 5.41) is 11.9. The summed E-state index contributed by atoms with van der Waals surface area (Å²) in [5.74, 6) is -0.809. The van der Waals surface area contributed by atoms with E-state index in [1.807, 2.05) is 19.1 Å². The molecule has 0 aliphatic heterocycles. The largest absolute Gasteiger partial charge is 0.481 e. The highest BCUT2D eigenvalue weighted by atomic mass is 16.4. The molecule has 3 aromatic carbocycles. The maximum Gasteiger partial charge on any atom is 0.307 e. The van der Waals surface area contributed by atoms with Crippen molar-refractivity contribution in [3.05, 3.63) is 70.8 Å². The van der Waals surface area contributed by atoms with E-state index in [-0.39, 0.29) is 6.42 Å². The number of carbonyl (C=O) groups is 1. The standard InChI is InChI=1S/C23H21NO2/c1-13-8-10-16(11-9-13)21-15(3)22-17-6-4-5-7-19(17)24-23(22)14(2)18(21)12-20(25)26/h4-11,24H,12H2,1-3H3,(H,25,26). The molecule has 0 radical (unpaired) electrons. The van der Waals surface area contributed by atoms with E-state index in [1.54, 1.807) is 0 Å². The van der Waals surface area contributed by atoms with Crippen LogP contribution < -0.4 is 0 Å². The van der Waals surface area contributed by atoms with Crippen LogP contribution in [0.3, 0.4) is 0 Å². The third-order valence-corrected chi connectivity index (χ3v) is 5.25. The van der Waals surface area contributed by atoms with Crippen molar-refractivity contribution in [1.29, 1.82) is 0 Å². The molecule has 0 spiro atoms. The molecule has 0 aliphatic carbocycles. The number of aryl methyl sites for hydroxylation is 3. The Morgan fingerprint density at radius 1 is 0.962 bits per heavy atom. The minimum absolute atomic E-state index is 0.0151. The first-order valence-electron chi connectivity index (χ1n) is 8.78. The van der Waals surface area contributed by atoms with E-state index in [0.29, 0.717) is 0 Å². The number of hydrogen-bond acceptors (Lipinski definition) is 1. The van der Waals surface area contributed by atoms with Crippen molar-refractivity contribution in [1.82, 2.24) is 4.98 Å². The van der Waals surface area contributed by atoms with Gasteiger partial charge in [-0.3, -0.25) is 4.79 Å². The molecule has 2 N–H and O–H groups in total. The van der Waals surface area contributed by atoms with Gasteiger partial charge in [0.05, 0.1) is 11.9 Å². The molecule has 0 fully saturated rings. The molecule has 0 saturated carbocycles. The molecular formula is C23H21NO2. The number of fused-ring (bicyclic) bond motifs is 3. The van der Waals surface area contributed by atoms with E-state index in [1.165, 1.54) is 16.3 Å². The van der Waals surface area contributed by atoms with Crippen LogP contribution in [0.1, 0.15) is 22.3 Å². The lowest BCUT2D eigenvalue weighted by Crippen LogP contribution is -2.06. The van der Waals surface area contributed by atoms with Crippen molar-refractivity contribution in [2.75, 3.05) is 0 Å². The Hall–Kier alpha value is -3.07. The number of carboxylic acids is 1. The highest BCUT2D eigenvalue weighted by molar-refractivity contribution is 6.12. The monoisotopic (exact) mass is 343 g/mol. The van der Waals surface area contributed by atoms with Gasteiger partial charge in [-0.25, -0.2) is 0 Å². The summed E-state index contributed by atoms with van der Waals surface area (Å²) in [6.45, 7) is 6.18. The minimum atomic E-state index is -0.809. The first-order chi connectivity index (χ1) is 12.5. The quantitative estimate of drug-likeness (QED) is 0.513. The van der Waals surface area contributed by atoms with Crippen molar-refractivity contribution in [3.8, 4) is 11.1 Å². The number of carboxylic acid groups (broad SMARTS) is 1. The molecule has 1 aromatic heterocycles. The molecule has 0 atom stereocenters. The van der Waals surface area contributed by atoms with Gasteiger partial charge < -0.3 is 10.1 Å². The van der Waals surface area contributed by atoms with Crippen LogP contribution in [0.4, 0.5) is 0 Å². The van der Waals surface area contributed by atoms with Gasteiger partial charge in [-0.2, -0.15) is 0 Å². The zero-order valence-electron chi connectivity index (χ0n) is 15.2. The summed E-state index contributed by atoms with van der Waals surface area (Å²) in [7, 11) is 0. The molecule has 0 bridgehead atoms. The average molecular weight is 343 g/mol. The van der Waals surface area contributed by atoms with Crippen LogP contribution in [-0.2, 0) is 11.2 Å². The molecule has 0 unspecified atom stereocenters. The molecule has 1 heterocycles. The number of hydrogen-bond donors (Lipinski definition) is 2. The van der Waals surface area contributed by atoms with E-state index in [9.17, 15) is 9.90 Å². The Bertz CT molecular complexity index is 1150. The summed E-state index contributed by atoms with van der Waals surface area (Å²) < 4.78 is 0. The fraction of sp³-hybridized carbons (Fsp3) is 0.174. The fourth-order valence-electron chi connectivity index (χ4n) is 3.99. The number of aromatic amines is 1. The Morgan fingerprint density at radius 2 is 1.65 bits per heavy atom. The molecule has 26 heavy (non-hydrogen) atoms. The summed E-state index contributed by atoms with van der Waals surface area (Å²) in [5.41, 5.74) is 8.45. The number of nitrogens with one attached hydrogen (secondary N) is 1. The van der Waals surface area contributed by atoms with E-state index in [4.69, 9.17) is 0 Å². The zero-order valence-corrected chi connectivity index (χ0v) is 15.2. The predicted molar refractivity (Wildman–Crippen MR) is 107 cm³/mol. The van der Waals surface area contributed by atoms with Crippen LogP contribution in [0, 0.1) is 20.8 Å². The van der Waals surface area contributed by atoms with Crippen LogP contribution in [0.15, 0.2) is 48.5 Å². The minimum Gasteiger partial charge on any atom is -0.481 e. The van der Waals surface area contributed by atoms with Gasteiger partial charge in [0, 0.05) is 16.3 Å². The van der Waals surface area contributed by atoms with Crippen LogP contribution in [-0.4, -0.2) is 16.1 Å². The molecule has 0 saturated heterocycles. The molecule has 4 aromatic rings. The van der Waals surface area contributed by atoms with E-state index < -0.39 is 5.97 Å². The smallest absolute Gasteiger partial charge is 0.307 e. The number of H-pyrrole nitrogens is 1. The maximum absolute atomic E-state index is 11.6. The maximum atomic E-state index is 11.6. The van der Waals surface area contributed by atoms with Gasteiger partial charge in [0.2, 0.25) is 0 Å². The van der Waals surface area contributed by atoms with Crippen molar-refractivity contribution < 1.29 is 9.90 Å². The van der Waals surface area contributed by atoms with Gasteiger partial charge in [0.1, 0.15) is 0 Å². The van der Waals surface area contributed by atoms with Crippen molar-refractivity contribution in [2.45, 2.75) is 27.2 Å². The van der Waals surface area contributed by atoms with Crippen LogP contribution in [0.25, 0.3) is 32.9 Å². The van der Waals surface area contributed by atoms with Crippen molar-refractivity contribution in [2.24, 2.45) is 0 Å². The number of para-hydroxylation sites is 1. The SMILES string of the molecule is Cc1ccc(-c2c(CC(=O)O)c(C)c3[nH]c4ccccc4c3c2C)cc1. The first-order valence-corrected chi connectivity index (χ1v) is 8.78. The van der Waals surface area contributed by atoms with Gasteiger partial charge in [-0.15, -0.1) is 0 Å². The lowest BCUT2D eigenvalue weighted by Gasteiger charge is -2.17. The summed E-state index contributed by atoms with van der Waals surface area (Å²) in [4.78, 5) is 15.1. The lowest BCUT2D eigenvalue weighted by atomic mass is 9.87. The second-order valence-corrected chi connectivity index (χ2v) is 6.96. The van der Waals surface area contributed by atoms with Gasteiger partial charge in [-0.1, -0.05) is 48.0 Å². The van der Waals surface area contributed by atoms with Crippen LogP contribution >= 0.6 is 0 Å². The Labute approximate surface area is 152 Å². The van der Waals surface area contributed by atoms with Gasteiger partial charge in [-0.05, 0) is 54.7 Å². The van der Waals surface area contributed by atoms with Gasteiger partial charge >= 0.3 is 5.97 Å².